The molecule has 4 unspecified atom stereocenters. The highest BCUT2D eigenvalue weighted by Crippen LogP contribution is 2.66. The lowest BCUT2D eigenvalue weighted by atomic mass is 9.99. The molecule has 4 aromatic rings. The Morgan fingerprint density at radius 1 is 0.778 bits per heavy atom. The minimum absolute atomic E-state index is 0.0343. The van der Waals surface area contributed by atoms with Crippen LogP contribution in [0, 0.1) is 0 Å². The Hall–Kier alpha value is -3.57. The first-order valence-corrected chi connectivity index (χ1v) is 19.2. The number of aliphatic hydroxyl groups excluding tert-OH is 5. The first kappa shape index (κ1) is 41.6. The van der Waals surface area contributed by atoms with Crippen LogP contribution in [0.4, 0.5) is 11.9 Å². The Labute approximate surface area is 298 Å². The summed E-state index contributed by atoms with van der Waals surface area (Å²) in [6.45, 7) is 1.06. The molecule has 4 aromatic heterocycles. The molecule has 6 heterocycles. The monoisotopic (exact) mass is 834 g/mol. The lowest BCUT2D eigenvalue weighted by Crippen LogP contribution is -2.44. The number of hydrogen-bond donors (Lipinski definition) is 13. The number of nitrogens with one attached hydrogen (secondary N) is 2. The molecule has 29 nitrogen and oxygen atoms in total. The highest BCUT2D eigenvalue weighted by atomic mass is 31.3. The highest BCUT2D eigenvalue weighted by molar-refractivity contribution is 7.66. The number of aromatic nitrogens is 8. The summed E-state index contributed by atoms with van der Waals surface area (Å²) >= 11 is 0. The summed E-state index contributed by atoms with van der Waals surface area (Å²) in [5.74, 6) is -0.384. The average Bonchev–Trinajstić information content (AvgIpc) is 3.77. The van der Waals surface area contributed by atoms with E-state index in [1.165, 1.54) is 17.8 Å². The van der Waals surface area contributed by atoms with E-state index in [-0.39, 0.29) is 34.2 Å². The van der Waals surface area contributed by atoms with Crippen molar-refractivity contribution in [1.82, 2.24) is 39.0 Å². The Balaban J connectivity index is 0.000000228. The summed E-state index contributed by atoms with van der Waals surface area (Å²) in [6, 6.07) is 0. The van der Waals surface area contributed by atoms with Crippen molar-refractivity contribution in [2.24, 2.45) is 0 Å². The smallest absolute Gasteiger partial charge is 0.393 e. The van der Waals surface area contributed by atoms with Gasteiger partial charge in [-0.25, -0.2) is 23.7 Å². The molecule has 0 radical (unpaired) electrons. The molecular formula is C22H33N10O19P3. The van der Waals surface area contributed by atoms with Crippen LogP contribution in [0.25, 0.3) is 22.3 Å². The zero-order valence-electron chi connectivity index (χ0n) is 27.3. The van der Waals surface area contributed by atoms with E-state index in [9.17, 15) is 58.6 Å². The number of imidazole rings is 2. The lowest BCUT2D eigenvalue weighted by molar-refractivity contribution is -0.115. The number of anilines is 2. The minimum atomic E-state index is -5.75. The highest BCUT2D eigenvalue weighted by Gasteiger charge is 2.54. The summed E-state index contributed by atoms with van der Waals surface area (Å²) in [5.41, 5.74) is 6.35. The number of aliphatic hydroxyl groups is 5. The lowest BCUT2D eigenvalue weighted by Gasteiger charge is -2.28. The molecular weight excluding hydrogens is 801 g/mol. The van der Waals surface area contributed by atoms with Crippen LogP contribution in [0.3, 0.4) is 0 Å². The van der Waals surface area contributed by atoms with E-state index in [0.29, 0.717) is 0 Å². The molecule has 0 saturated carbocycles. The minimum Gasteiger partial charge on any atom is -0.393 e. The van der Waals surface area contributed by atoms with Crippen LogP contribution in [0.5, 0.6) is 0 Å². The van der Waals surface area contributed by atoms with E-state index >= 15 is 0 Å². The number of nitrogens with two attached hydrogens (primary N) is 2. The fourth-order valence-corrected chi connectivity index (χ4v) is 8.44. The van der Waals surface area contributed by atoms with Crippen LogP contribution in [0.15, 0.2) is 22.2 Å². The number of H-pyrrole nitrogens is 2. The van der Waals surface area contributed by atoms with Gasteiger partial charge in [-0.3, -0.25) is 33.2 Å². The summed E-state index contributed by atoms with van der Waals surface area (Å²) in [7, 11) is -16.9. The van der Waals surface area contributed by atoms with Gasteiger partial charge >= 0.3 is 23.5 Å². The Bertz CT molecular complexity index is 2310. The Kier molecular flexibility index (Phi) is 11.2. The maximum absolute atomic E-state index is 11.9. The number of rotatable bonds is 10. The number of aromatic amines is 2. The summed E-state index contributed by atoms with van der Waals surface area (Å²) in [5, 5.41) is 50.3. The Morgan fingerprint density at radius 2 is 1.20 bits per heavy atom. The van der Waals surface area contributed by atoms with Gasteiger partial charge in [0.1, 0.15) is 35.6 Å². The SMILES string of the molecule is C[C@]1(CO)O[C@@H](n2cnc3c(=O)[nH]c(N)nc32)[C@@H](O)C1O.C[C@]1(COP(=O)(O)OP(=O)(O)OP(=O)(O)O)O[C@@H](n2cnc3c(=O)[nH]c(N)nc32)[C@@H](O)C1O. The van der Waals surface area contributed by atoms with Crippen molar-refractivity contribution in [1.29, 1.82) is 0 Å². The molecule has 2 fully saturated rings. The van der Waals surface area contributed by atoms with E-state index in [1.54, 1.807) is 0 Å². The van der Waals surface area contributed by atoms with Crippen molar-refractivity contribution in [2.45, 2.75) is 61.9 Å². The van der Waals surface area contributed by atoms with Crippen molar-refractivity contribution < 1.29 is 81.4 Å². The van der Waals surface area contributed by atoms with E-state index in [0.717, 1.165) is 17.8 Å². The fourth-order valence-electron chi connectivity index (χ4n) is 5.33. The quantitative estimate of drug-likeness (QED) is 0.0673. The van der Waals surface area contributed by atoms with Gasteiger partial charge in [-0.05, 0) is 13.8 Å². The molecule has 0 amide bonds. The molecule has 0 aliphatic carbocycles. The molecule has 2 aliphatic rings. The maximum Gasteiger partial charge on any atom is 0.490 e. The molecule has 32 heteroatoms. The van der Waals surface area contributed by atoms with Crippen molar-refractivity contribution in [3.8, 4) is 0 Å². The van der Waals surface area contributed by atoms with Gasteiger partial charge in [0.15, 0.2) is 34.8 Å². The molecule has 300 valence electrons. The second-order valence-electron chi connectivity index (χ2n) is 12.1. The van der Waals surface area contributed by atoms with Crippen LogP contribution < -0.4 is 22.6 Å². The number of hydrogen-bond acceptors (Lipinski definition) is 21. The van der Waals surface area contributed by atoms with Gasteiger partial charge in [0.05, 0.1) is 25.9 Å². The zero-order chi connectivity index (χ0) is 40.3. The third-order valence-electron chi connectivity index (χ3n) is 7.96. The molecule has 54 heavy (non-hydrogen) atoms. The fraction of sp³-hybridized carbons (Fsp3) is 0.545. The standard InChI is InChI=1S/C11H18N5O14P3.C11H15N5O5/c1-11(2-27-32(23,24)30-33(25,26)29-31(20,21)22)6(18)5(17)9(28-11)16-3-13-4-7(16)14-10(12)15-8(4)19;1-11(2-17)6(19)5(18)9(21-11)16-3-13-4-7(16)14-10(12)15-8(4)20/h3,5-6,9,17-18H,2H2,1H3,(H,23,24)(H,25,26)(H2,20,21,22)(H3,12,14,15,19);3,5-6,9,17-19H,2H2,1H3,(H3,12,14,15,20)/t2*5-,6?,9+,11+/m00/s1. The predicted octanol–water partition coefficient (Wildman–Crippen LogP) is -4.24. The van der Waals surface area contributed by atoms with Gasteiger partial charge in [-0.15, -0.1) is 0 Å². The van der Waals surface area contributed by atoms with E-state index in [2.05, 4.69) is 43.0 Å². The van der Waals surface area contributed by atoms with E-state index in [4.69, 9.17) is 30.7 Å². The summed E-state index contributed by atoms with van der Waals surface area (Å²) < 4.78 is 59.1. The number of ether oxygens (including phenoxy) is 2. The van der Waals surface area contributed by atoms with Crippen LogP contribution >= 0.6 is 23.5 Å². The van der Waals surface area contributed by atoms with Gasteiger partial charge in [-0.1, -0.05) is 0 Å². The molecule has 0 aromatic carbocycles. The van der Waals surface area contributed by atoms with Crippen LogP contribution in [-0.2, 0) is 36.3 Å². The van der Waals surface area contributed by atoms with Crippen molar-refractivity contribution in [3.63, 3.8) is 0 Å². The molecule has 0 bridgehead atoms. The number of nitrogens with zero attached hydrogens (tertiary/aromatic N) is 6. The molecule has 0 spiro atoms. The van der Waals surface area contributed by atoms with Crippen LogP contribution in [-0.4, -0.2) is 133 Å². The molecule has 2 saturated heterocycles. The van der Waals surface area contributed by atoms with Crippen molar-refractivity contribution >= 4 is 57.7 Å². The number of phosphoric acid groups is 3. The number of fused-ring (bicyclic) bond motifs is 2. The van der Waals surface area contributed by atoms with Crippen molar-refractivity contribution in [2.75, 3.05) is 24.7 Å². The van der Waals surface area contributed by atoms with Gasteiger partial charge in [0, 0.05) is 0 Å². The van der Waals surface area contributed by atoms with Crippen LogP contribution in [0.2, 0.25) is 0 Å². The van der Waals surface area contributed by atoms with Gasteiger partial charge in [0.2, 0.25) is 11.9 Å². The second-order valence-corrected chi connectivity index (χ2v) is 16.5. The molecule has 15 N–H and O–H groups in total. The summed E-state index contributed by atoms with van der Waals surface area (Å²) in [4.78, 5) is 79.5. The first-order chi connectivity index (χ1) is 24.8. The summed E-state index contributed by atoms with van der Waals surface area (Å²) in [6.07, 6.45) is -6.32. The van der Waals surface area contributed by atoms with E-state index in [1.807, 2.05) is 0 Å². The Morgan fingerprint density at radius 3 is 1.61 bits per heavy atom. The van der Waals surface area contributed by atoms with Gasteiger partial charge < -0.3 is 66.0 Å². The predicted molar refractivity (Wildman–Crippen MR) is 173 cm³/mol. The molecule has 6 rings (SSSR count). The zero-order valence-corrected chi connectivity index (χ0v) is 30.0. The number of nitrogen functional groups attached to an aromatic ring is 2. The largest absolute Gasteiger partial charge is 0.490 e. The van der Waals surface area contributed by atoms with Gasteiger partial charge in [-0.2, -0.15) is 18.6 Å². The normalized spacial score (nSPS) is 30.9. The van der Waals surface area contributed by atoms with E-state index < -0.39 is 95.9 Å². The third kappa shape index (κ3) is 8.32. The van der Waals surface area contributed by atoms with Crippen LogP contribution in [0.1, 0.15) is 26.3 Å². The topological polar surface area (TPSA) is 459 Å². The molecule has 10 atom stereocenters. The molecule has 2 aliphatic heterocycles. The first-order valence-electron chi connectivity index (χ1n) is 14.7. The number of phosphoric ester groups is 1. The average molecular weight is 834 g/mol. The second kappa shape index (κ2) is 14.5. The van der Waals surface area contributed by atoms with Gasteiger partial charge in [0.25, 0.3) is 11.1 Å². The van der Waals surface area contributed by atoms with Crippen molar-refractivity contribution in [3.05, 3.63) is 33.4 Å². The maximum atomic E-state index is 11.9. The third-order valence-corrected chi connectivity index (χ3v) is 11.7.